The van der Waals surface area contributed by atoms with Crippen molar-refractivity contribution < 1.29 is 4.79 Å². The lowest BCUT2D eigenvalue weighted by Crippen LogP contribution is -2.33. The van der Waals surface area contributed by atoms with Crippen LogP contribution in [0.2, 0.25) is 0 Å². The molecule has 1 amide bonds. The van der Waals surface area contributed by atoms with Crippen LogP contribution in [0.3, 0.4) is 0 Å². The molecule has 0 saturated carbocycles. The number of fused-ring (bicyclic) bond motifs is 2. The molecule has 2 aliphatic heterocycles. The number of hydrogen-bond acceptors (Lipinski definition) is 2. The Morgan fingerprint density at radius 3 is 2.47 bits per heavy atom. The van der Waals surface area contributed by atoms with Crippen molar-refractivity contribution in [1.29, 1.82) is 0 Å². The summed E-state index contributed by atoms with van der Waals surface area (Å²) < 4.78 is 0. The molecule has 2 aliphatic rings. The van der Waals surface area contributed by atoms with Crippen LogP contribution < -0.4 is 10.2 Å². The van der Waals surface area contributed by atoms with Crippen molar-refractivity contribution in [2.75, 3.05) is 24.5 Å². The molecule has 0 spiro atoms. The Balaban J connectivity index is 0.00000133. The standard InChI is InChI=1S/C15H20N2O.ClH/c1-11(18)17-8-2-3-14-9-12-4-6-16-7-5-13(12)10-15(14)17;/h9-10,16H,2-8H2,1H3;1H. The first kappa shape index (κ1) is 14.4. The highest BCUT2D eigenvalue weighted by Gasteiger charge is 2.22. The number of nitrogens with one attached hydrogen (secondary N) is 1. The first-order valence-electron chi connectivity index (χ1n) is 6.89. The molecule has 3 rings (SSSR count). The van der Waals surface area contributed by atoms with E-state index in [4.69, 9.17) is 0 Å². The van der Waals surface area contributed by atoms with Crippen LogP contribution >= 0.6 is 12.4 Å². The number of amides is 1. The molecule has 0 aliphatic carbocycles. The number of anilines is 1. The lowest BCUT2D eigenvalue weighted by molar-refractivity contribution is -0.116. The topological polar surface area (TPSA) is 32.3 Å². The van der Waals surface area contributed by atoms with Gasteiger partial charge in [0.15, 0.2) is 0 Å². The van der Waals surface area contributed by atoms with Crippen LogP contribution in [0.25, 0.3) is 0 Å². The van der Waals surface area contributed by atoms with E-state index in [1.165, 1.54) is 16.7 Å². The van der Waals surface area contributed by atoms with E-state index in [2.05, 4.69) is 17.4 Å². The zero-order valence-corrected chi connectivity index (χ0v) is 12.2. The van der Waals surface area contributed by atoms with E-state index in [0.717, 1.165) is 51.0 Å². The second-order valence-electron chi connectivity index (χ2n) is 5.27. The SMILES string of the molecule is CC(=O)N1CCCc2cc3c(cc21)CCNCC3.Cl. The molecule has 0 bridgehead atoms. The Morgan fingerprint density at radius 1 is 1.11 bits per heavy atom. The number of rotatable bonds is 0. The molecule has 0 fully saturated rings. The third kappa shape index (κ3) is 2.77. The minimum atomic E-state index is 0. The molecule has 0 atom stereocenters. The van der Waals surface area contributed by atoms with Gasteiger partial charge in [0.25, 0.3) is 0 Å². The number of halogens is 1. The van der Waals surface area contributed by atoms with Gasteiger partial charge in [-0.2, -0.15) is 0 Å². The number of benzene rings is 1. The summed E-state index contributed by atoms with van der Waals surface area (Å²) >= 11 is 0. The smallest absolute Gasteiger partial charge is 0.223 e. The summed E-state index contributed by atoms with van der Waals surface area (Å²) in [6.45, 7) is 4.66. The van der Waals surface area contributed by atoms with Gasteiger partial charge in [-0.1, -0.05) is 6.07 Å². The van der Waals surface area contributed by atoms with Crippen LogP contribution in [0.1, 0.15) is 30.0 Å². The minimum Gasteiger partial charge on any atom is -0.316 e. The normalized spacial score (nSPS) is 17.8. The van der Waals surface area contributed by atoms with Crippen molar-refractivity contribution in [3.8, 4) is 0 Å². The maximum Gasteiger partial charge on any atom is 0.223 e. The van der Waals surface area contributed by atoms with E-state index in [0.29, 0.717) is 0 Å². The molecule has 1 aromatic carbocycles. The van der Waals surface area contributed by atoms with Crippen LogP contribution in [-0.4, -0.2) is 25.5 Å². The molecular formula is C15H21ClN2O. The molecule has 4 heteroatoms. The first-order valence-corrected chi connectivity index (χ1v) is 6.89. The van der Waals surface area contributed by atoms with Crippen molar-refractivity contribution in [1.82, 2.24) is 5.32 Å². The van der Waals surface area contributed by atoms with Gasteiger partial charge in [0, 0.05) is 19.2 Å². The van der Waals surface area contributed by atoms with Crippen molar-refractivity contribution in [3.63, 3.8) is 0 Å². The summed E-state index contributed by atoms with van der Waals surface area (Å²) in [6, 6.07) is 4.60. The molecule has 0 radical (unpaired) electrons. The van der Waals surface area contributed by atoms with E-state index < -0.39 is 0 Å². The molecule has 1 aromatic rings. The summed E-state index contributed by atoms with van der Waals surface area (Å²) in [5, 5.41) is 3.44. The van der Waals surface area contributed by atoms with Crippen LogP contribution in [0.5, 0.6) is 0 Å². The first-order chi connectivity index (χ1) is 8.75. The maximum absolute atomic E-state index is 11.7. The predicted octanol–water partition coefficient (Wildman–Crippen LogP) is 2.10. The van der Waals surface area contributed by atoms with Gasteiger partial charge in [-0.25, -0.2) is 0 Å². The number of carbonyl (C=O) groups is 1. The Bertz CT molecular complexity index is 487. The van der Waals surface area contributed by atoms with E-state index in [1.807, 2.05) is 4.90 Å². The van der Waals surface area contributed by atoms with Crippen LogP contribution in [0.4, 0.5) is 5.69 Å². The highest BCUT2D eigenvalue weighted by molar-refractivity contribution is 5.93. The van der Waals surface area contributed by atoms with Crippen molar-refractivity contribution in [2.45, 2.75) is 32.6 Å². The third-order valence-electron chi connectivity index (χ3n) is 4.04. The zero-order valence-electron chi connectivity index (χ0n) is 11.4. The van der Waals surface area contributed by atoms with Crippen LogP contribution in [0.15, 0.2) is 12.1 Å². The fourth-order valence-electron chi connectivity index (χ4n) is 3.09. The zero-order chi connectivity index (χ0) is 12.5. The van der Waals surface area contributed by atoms with Gasteiger partial charge in [0.2, 0.25) is 5.91 Å². The van der Waals surface area contributed by atoms with Crippen molar-refractivity contribution in [2.24, 2.45) is 0 Å². The largest absolute Gasteiger partial charge is 0.316 e. The van der Waals surface area contributed by atoms with E-state index >= 15 is 0 Å². The van der Waals surface area contributed by atoms with Gasteiger partial charge in [0.1, 0.15) is 0 Å². The lowest BCUT2D eigenvalue weighted by Gasteiger charge is -2.30. The Morgan fingerprint density at radius 2 is 1.79 bits per heavy atom. The second-order valence-corrected chi connectivity index (χ2v) is 5.27. The fourth-order valence-corrected chi connectivity index (χ4v) is 3.09. The summed E-state index contributed by atoms with van der Waals surface area (Å²) in [4.78, 5) is 13.7. The van der Waals surface area contributed by atoms with Gasteiger partial charge in [-0.05, 0) is 61.5 Å². The summed E-state index contributed by atoms with van der Waals surface area (Å²) in [5.74, 6) is 0.169. The van der Waals surface area contributed by atoms with Gasteiger partial charge in [-0.3, -0.25) is 4.79 Å². The van der Waals surface area contributed by atoms with E-state index in [-0.39, 0.29) is 18.3 Å². The average Bonchev–Trinajstić information content (AvgIpc) is 2.59. The summed E-state index contributed by atoms with van der Waals surface area (Å²) in [5.41, 5.74) is 5.42. The number of hydrogen-bond donors (Lipinski definition) is 1. The van der Waals surface area contributed by atoms with Crippen LogP contribution in [-0.2, 0) is 24.1 Å². The molecule has 0 unspecified atom stereocenters. The number of aryl methyl sites for hydroxylation is 1. The molecular weight excluding hydrogens is 260 g/mol. The lowest BCUT2D eigenvalue weighted by atomic mass is 9.93. The number of nitrogens with zero attached hydrogens (tertiary/aromatic N) is 1. The van der Waals surface area contributed by atoms with Gasteiger partial charge >= 0.3 is 0 Å². The quantitative estimate of drug-likeness (QED) is 0.789. The Hall–Kier alpha value is -1.06. The monoisotopic (exact) mass is 280 g/mol. The summed E-state index contributed by atoms with van der Waals surface area (Å²) in [6.07, 6.45) is 4.39. The Labute approximate surface area is 120 Å². The molecule has 2 heterocycles. The molecule has 0 aromatic heterocycles. The number of carbonyl (C=O) groups excluding carboxylic acids is 1. The predicted molar refractivity (Wildman–Crippen MR) is 80.3 cm³/mol. The molecule has 3 nitrogen and oxygen atoms in total. The van der Waals surface area contributed by atoms with Crippen molar-refractivity contribution in [3.05, 3.63) is 28.8 Å². The van der Waals surface area contributed by atoms with Gasteiger partial charge < -0.3 is 10.2 Å². The second kappa shape index (κ2) is 5.93. The van der Waals surface area contributed by atoms with Gasteiger partial charge in [0.05, 0.1) is 0 Å². The molecule has 1 N–H and O–H groups in total. The van der Waals surface area contributed by atoms with E-state index in [9.17, 15) is 4.79 Å². The maximum atomic E-state index is 11.7. The van der Waals surface area contributed by atoms with Crippen LogP contribution in [0, 0.1) is 0 Å². The third-order valence-corrected chi connectivity index (χ3v) is 4.04. The van der Waals surface area contributed by atoms with Gasteiger partial charge in [-0.15, -0.1) is 12.4 Å². The van der Waals surface area contributed by atoms with Crippen molar-refractivity contribution >= 4 is 24.0 Å². The minimum absolute atomic E-state index is 0. The van der Waals surface area contributed by atoms with E-state index in [1.54, 1.807) is 6.92 Å². The Kier molecular flexibility index (Phi) is 4.48. The highest BCUT2D eigenvalue weighted by Crippen LogP contribution is 2.31. The average molecular weight is 281 g/mol. The fraction of sp³-hybridized carbons (Fsp3) is 0.533. The molecule has 0 saturated heterocycles. The highest BCUT2D eigenvalue weighted by atomic mass is 35.5. The summed E-state index contributed by atoms with van der Waals surface area (Å²) in [7, 11) is 0. The molecule has 104 valence electrons. The molecule has 19 heavy (non-hydrogen) atoms.